The first kappa shape index (κ1) is 23.6. The van der Waals surface area contributed by atoms with Crippen molar-refractivity contribution >= 4 is 11.6 Å². The second kappa shape index (κ2) is 13.6. The predicted molar refractivity (Wildman–Crippen MR) is 119 cm³/mol. The molecule has 0 amide bonds. The number of anilines is 1. The molecule has 164 valence electrons. The van der Waals surface area contributed by atoms with Crippen LogP contribution in [0, 0.1) is 5.82 Å². The standard InChI is InChI=1S/C23H32FN3O3/c1-18(2)30-22-11-9-21(10-12-22)27-23(25-13-4-14-29-16-15-28-3)26-17-19-5-7-20(24)8-6-19/h5-12,18H,4,13-17H2,1-3H3,(H2,25,26,27). The summed E-state index contributed by atoms with van der Waals surface area (Å²) in [4.78, 5) is 4.62. The van der Waals surface area contributed by atoms with Crippen LogP contribution in [0.1, 0.15) is 25.8 Å². The fraction of sp³-hybridized carbons (Fsp3) is 0.435. The Morgan fingerprint density at radius 3 is 2.40 bits per heavy atom. The first-order valence-electron chi connectivity index (χ1n) is 10.2. The number of ether oxygens (including phenoxy) is 3. The van der Waals surface area contributed by atoms with Crippen molar-refractivity contribution in [2.75, 3.05) is 38.8 Å². The number of aliphatic imine (C=N–C) groups is 1. The fourth-order valence-corrected chi connectivity index (χ4v) is 2.55. The van der Waals surface area contributed by atoms with Crippen LogP contribution >= 0.6 is 0 Å². The Bertz CT molecular complexity index is 749. The first-order valence-corrected chi connectivity index (χ1v) is 10.2. The highest BCUT2D eigenvalue weighted by molar-refractivity contribution is 5.93. The van der Waals surface area contributed by atoms with Crippen LogP contribution in [-0.4, -0.2) is 45.5 Å². The molecule has 0 fully saturated rings. The third-order valence-corrected chi connectivity index (χ3v) is 4.01. The van der Waals surface area contributed by atoms with Gasteiger partial charge < -0.3 is 24.8 Å². The van der Waals surface area contributed by atoms with E-state index < -0.39 is 0 Å². The molecule has 2 N–H and O–H groups in total. The van der Waals surface area contributed by atoms with Crippen LogP contribution in [0.2, 0.25) is 0 Å². The van der Waals surface area contributed by atoms with E-state index in [1.807, 2.05) is 38.1 Å². The van der Waals surface area contributed by atoms with E-state index in [1.165, 1.54) is 12.1 Å². The lowest BCUT2D eigenvalue weighted by atomic mass is 10.2. The van der Waals surface area contributed by atoms with E-state index in [-0.39, 0.29) is 11.9 Å². The number of methoxy groups -OCH3 is 1. The number of nitrogens with zero attached hydrogens (tertiary/aromatic N) is 1. The number of rotatable bonds is 12. The molecule has 0 aromatic heterocycles. The van der Waals surface area contributed by atoms with Crippen LogP contribution in [-0.2, 0) is 16.0 Å². The number of nitrogens with one attached hydrogen (secondary N) is 2. The average molecular weight is 418 g/mol. The molecule has 0 aliphatic rings. The van der Waals surface area contributed by atoms with E-state index in [1.54, 1.807) is 19.2 Å². The SMILES string of the molecule is COCCOCCCNC(=NCc1ccc(F)cc1)Nc1ccc(OC(C)C)cc1. The molecule has 0 spiro atoms. The molecule has 0 saturated carbocycles. The minimum atomic E-state index is -0.253. The van der Waals surface area contributed by atoms with Crippen molar-refractivity contribution < 1.29 is 18.6 Å². The molecule has 0 aliphatic heterocycles. The van der Waals surface area contributed by atoms with Gasteiger partial charge in [-0.15, -0.1) is 0 Å². The third-order valence-electron chi connectivity index (χ3n) is 4.01. The number of halogens is 1. The van der Waals surface area contributed by atoms with Crippen LogP contribution < -0.4 is 15.4 Å². The van der Waals surface area contributed by atoms with Crippen LogP contribution in [0.3, 0.4) is 0 Å². The minimum absolute atomic E-state index is 0.129. The molecule has 0 heterocycles. The van der Waals surface area contributed by atoms with Crippen molar-refractivity contribution in [2.24, 2.45) is 4.99 Å². The van der Waals surface area contributed by atoms with Crippen molar-refractivity contribution in [3.8, 4) is 5.75 Å². The summed E-state index contributed by atoms with van der Waals surface area (Å²) in [6, 6.07) is 14.1. The van der Waals surface area contributed by atoms with Gasteiger partial charge in [0.1, 0.15) is 11.6 Å². The summed E-state index contributed by atoms with van der Waals surface area (Å²) in [6.07, 6.45) is 0.965. The molecule has 0 radical (unpaired) electrons. The van der Waals surface area contributed by atoms with Crippen LogP contribution in [0.15, 0.2) is 53.5 Å². The molecule has 0 unspecified atom stereocenters. The second-order valence-corrected chi connectivity index (χ2v) is 6.99. The molecule has 6 nitrogen and oxygen atoms in total. The topological polar surface area (TPSA) is 64.1 Å². The quantitative estimate of drug-likeness (QED) is 0.308. The summed E-state index contributed by atoms with van der Waals surface area (Å²) in [5.41, 5.74) is 1.83. The Morgan fingerprint density at radius 1 is 1.00 bits per heavy atom. The molecule has 0 aliphatic carbocycles. The van der Waals surface area contributed by atoms with Crippen molar-refractivity contribution in [1.29, 1.82) is 0 Å². The van der Waals surface area contributed by atoms with Crippen molar-refractivity contribution in [1.82, 2.24) is 5.32 Å². The van der Waals surface area contributed by atoms with Crippen LogP contribution in [0.5, 0.6) is 5.75 Å². The maximum absolute atomic E-state index is 13.1. The Kier molecular flexibility index (Phi) is 10.7. The monoisotopic (exact) mass is 417 g/mol. The third kappa shape index (κ3) is 9.71. The average Bonchev–Trinajstić information content (AvgIpc) is 2.73. The number of guanidine groups is 1. The maximum atomic E-state index is 13.1. The fourth-order valence-electron chi connectivity index (χ4n) is 2.55. The lowest BCUT2D eigenvalue weighted by Crippen LogP contribution is -2.32. The summed E-state index contributed by atoms with van der Waals surface area (Å²) in [7, 11) is 1.65. The van der Waals surface area contributed by atoms with Gasteiger partial charge >= 0.3 is 0 Å². The molecule has 2 aromatic rings. The minimum Gasteiger partial charge on any atom is -0.491 e. The van der Waals surface area contributed by atoms with E-state index in [9.17, 15) is 4.39 Å². The molecule has 2 aromatic carbocycles. The lowest BCUT2D eigenvalue weighted by molar-refractivity contribution is 0.0699. The molecular weight excluding hydrogens is 385 g/mol. The van der Waals surface area contributed by atoms with Gasteiger partial charge in [-0.05, 0) is 62.2 Å². The molecule has 2 rings (SSSR count). The summed E-state index contributed by atoms with van der Waals surface area (Å²) in [5.74, 6) is 1.21. The van der Waals surface area contributed by atoms with Gasteiger partial charge in [-0.2, -0.15) is 0 Å². The Labute approximate surface area is 178 Å². The Morgan fingerprint density at radius 2 is 1.73 bits per heavy atom. The largest absolute Gasteiger partial charge is 0.491 e. The molecule has 0 bridgehead atoms. The Hall–Kier alpha value is -2.64. The second-order valence-electron chi connectivity index (χ2n) is 6.99. The van der Waals surface area contributed by atoms with Gasteiger partial charge in [0.05, 0.1) is 25.9 Å². The number of hydrogen-bond donors (Lipinski definition) is 2. The number of benzene rings is 2. The highest BCUT2D eigenvalue weighted by atomic mass is 19.1. The first-order chi connectivity index (χ1) is 14.6. The van der Waals surface area contributed by atoms with Crippen LogP contribution in [0.25, 0.3) is 0 Å². The summed E-state index contributed by atoms with van der Waals surface area (Å²) < 4.78 is 29.2. The highest BCUT2D eigenvalue weighted by Gasteiger charge is 2.03. The van der Waals surface area contributed by atoms with Crippen molar-refractivity contribution in [2.45, 2.75) is 32.9 Å². The lowest BCUT2D eigenvalue weighted by Gasteiger charge is -2.14. The number of hydrogen-bond acceptors (Lipinski definition) is 4. The van der Waals surface area contributed by atoms with Gasteiger partial charge in [0, 0.05) is 25.9 Å². The van der Waals surface area contributed by atoms with Gasteiger partial charge in [-0.25, -0.2) is 9.38 Å². The predicted octanol–water partition coefficient (Wildman–Crippen LogP) is 4.22. The van der Waals surface area contributed by atoms with Crippen molar-refractivity contribution in [3.05, 3.63) is 59.9 Å². The van der Waals surface area contributed by atoms with Gasteiger partial charge in [0.15, 0.2) is 5.96 Å². The molecule has 7 heteroatoms. The zero-order valence-electron chi connectivity index (χ0n) is 18.0. The Balaban J connectivity index is 1.93. The zero-order valence-corrected chi connectivity index (χ0v) is 18.0. The van der Waals surface area contributed by atoms with Gasteiger partial charge in [-0.1, -0.05) is 12.1 Å². The zero-order chi connectivity index (χ0) is 21.6. The van der Waals surface area contributed by atoms with E-state index in [0.717, 1.165) is 23.4 Å². The van der Waals surface area contributed by atoms with Crippen molar-refractivity contribution in [3.63, 3.8) is 0 Å². The van der Waals surface area contributed by atoms with Gasteiger partial charge in [-0.3, -0.25) is 0 Å². The van der Waals surface area contributed by atoms with E-state index in [4.69, 9.17) is 14.2 Å². The molecule has 0 saturated heterocycles. The molecule has 30 heavy (non-hydrogen) atoms. The van der Waals surface area contributed by atoms with E-state index in [0.29, 0.717) is 38.9 Å². The molecular formula is C23H32FN3O3. The summed E-state index contributed by atoms with van der Waals surface area (Å²) in [5, 5.41) is 6.61. The van der Waals surface area contributed by atoms with Gasteiger partial charge in [0.2, 0.25) is 0 Å². The summed E-state index contributed by atoms with van der Waals surface area (Å²) >= 11 is 0. The van der Waals surface area contributed by atoms with E-state index in [2.05, 4.69) is 15.6 Å². The maximum Gasteiger partial charge on any atom is 0.196 e. The van der Waals surface area contributed by atoms with Crippen LogP contribution in [0.4, 0.5) is 10.1 Å². The summed E-state index contributed by atoms with van der Waals surface area (Å²) in [6.45, 7) is 6.96. The molecule has 0 atom stereocenters. The normalized spacial score (nSPS) is 11.6. The smallest absolute Gasteiger partial charge is 0.196 e. The van der Waals surface area contributed by atoms with Gasteiger partial charge in [0.25, 0.3) is 0 Å². The highest BCUT2D eigenvalue weighted by Crippen LogP contribution is 2.17. The van der Waals surface area contributed by atoms with E-state index >= 15 is 0 Å².